The minimum Gasteiger partial charge on any atom is -0.0990 e. The molecule has 0 saturated heterocycles. The van der Waals surface area contributed by atoms with Crippen LogP contribution in [0.1, 0.15) is 24.0 Å². The Balaban J connectivity index is 2.18. The number of rotatable bonds is 5. The van der Waals surface area contributed by atoms with Crippen LogP contribution >= 0.6 is 0 Å². The van der Waals surface area contributed by atoms with Gasteiger partial charge in [-0.3, -0.25) is 0 Å². The first kappa shape index (κ1) is 16.0. The van der Waals surface area contributed by atoms with Gasteiger partial charge in [-0.05, 0) is 52.3 Å². The molecule has 0 spiro atoms. The van der Waals surface area contributed by atoms with E-state index in [1.807, 2.05) is 24.3 Å². The third kappa shape index (κ3) is 3.38. The lowest BCUT2D eigenvalue weighted by molar-refractivity contribution is 1.04. The maximum Gasteiger partial charge on any atom is -0.0103 e. The molecule has 0 aliphatic heterocycles. The normalized spacial score (nSPS) is 14.2. The maximum absolute atomic E-state index is 3.97. The van der Waals surface area contributed by atoms with E-state index in [0.29, 0.717) is 0 Å². The van der Waals surface area contributed by atoms with Crippen molar-refractivity contribution in [3.8, 4) is 11.1 Å². The maximum atomic E-state index is 3.97. The summed E-state index contributed by atoms with van der Waals surface area (Å²) < 4.78 is 0. The lowest BCUT2D eigenvalue weighted by Gasteiger charge is -2.16. The van der Waals surface area contributed by atoms with Crippen molar-refractivity contribution in [2.75, 3.05) is 0 Å². The van der Waals surface area contributed by atoms with Gasteiger partial charge in [0.05, 0.1) is 0 Å². The second-order valence-electron chi connectivity index (χ2n) is 5.83. The minimum atomic E-state index is 1.09. The first-order valence-corrected chi connectivity index (χ1v) is 8.35. The van der Waals surface area contributed by atoms with Gasteiger partial charge in [0.2, 0.25) is 0 Å². The number of allylic oxidation sites excluding steroid dienone is 8. The van der Waals surface area contributed by atoms with Crippen molar-refractivity contribution in [1.29, 1.82) is 0 Å². The average Bonchev–Trinajstić information content (AvgIpc) is 2.67. The van der Waals surface area contributed by atoms with Gasteiger partial charge in [0.25, 0.3) is 0 Å². The Labute approximate surface area is 144 Å². The molecule has 2 aromatic carbocycles. The summed E-state index contributed by atoms with van der Waals surface area (Å²) in [7, 11) is 0. The fraction of sp³-hybridized carbons (Fsp3) is 0.0833. The summed E-state index contributed by atoms with van der Waals surface area (Å²) in [6, 6.07) is 17.2. The van der Waals surface area contributed by atoms with Gasteiger partial charge in [-0.15, -0.1) is 0 Å². The third-order valence-electron chi connectivity index (χ3n) is 4.26. The second kappa shape index (κ2) is 7.61. The zero-order valence-corrected chi connectivity index (χ0v) is 13.9. The first-order chi connectivity index (χ1) is 11.8. The molecule has 24 heavy (non-hydrogen) atoms. The van der Waals surface area contributed by atoms with Crippen LogP contribution in [-0.2, 0) is 0 Å². The Morgan fingerprint density at radius 3 is 2.42 bits per heavy atom. The van der Waals surface area contributed by atoms with Crippen LogP contribution in [0.25, 0.3) is 22.3 Å². The molecule has 0 saturated carbocycles. The molecule has 0 radical (unpaired) electrons. The second-order valence-corrected chi connectivity index (χ2v) is 5.83. The molecule has 0 unspecified atom stereocenters. The van der Waals surface area contributed by atoms with Gasteiger partial charge in [0, 0.05) is 0 Å². The fourth-order valence-electron chi connectivity index (χ4n) is 3.05. The minimum absolute atomic E-state index is 1.09. The highest BCUT2D eigenvalue weighted by atomic mass is 14.2. The van der Waals surface area contributed by atoms with Crippen LogP contribution in [0.15, 0.2) is 98.1 Å². The molecule has 1 aliphatic carbocycles. The predicted molar refractivity (Wildman–Crippen MR) is 107 cm³/mol. The van der Waals surface area contributed by atoms with Crippen LogP contribution in [-0.4, -0.2) is 0 Å². The van der Waals surface area contributed by atoms with E-state index >= 15 is 0 Å². The quantitative estimate of drug-likeness (QED) is 0.530. The highest BCUT2D eigenvalue weighted by Crippen LogP contribution is 2.33. The van der Waals surface area contributed by atoms with E-state index in [0.717, 1.165) is 18.4 Å². The van der Waals surface area contributed by atoms with Crippen molar-refractivity contribution in [2.45, 2.75) is 12.8 Å². The molecule has 1 aliphatic rings. The number of hydrogen-bond acceptors (Lipinski definition) is 0. The molecule has 0 amide bonds. The van der Waals surface area contributed by atoms with E-state index in [9.17, 15) is 0 Å². The molecule has 0 aromatic heterocycles. The summed E-state index contributed by atoms with van der Waals surface area (Å²) in [5, 5.41) is 0. The summed E-state index contributed by atoms with van der Waals surface area (Å²) in [6.45, 7) is 7.80. The fourth-order valence-corrected chi connectivity index (χ4v) is 3.05. The van der Waals surface area contributed by atoms with Crippen LogP contribution in [0.4, 0.5) is 0 Å². The monoisotopic (exact) mass is 310 g/mol. The summed E-state index contributed by atoms with van der Waals surface area (Å²) in [5.41, 5.74) is 7.29. The van der Waals surface area contributed by atoms with Gasteiger partial charge in [0.15, 0.2) is 0 Å². The number of hydrogen-bond donors (Lipinski definition) is 0. The summed E-state index contributed by atoms with van der Waals surface area (Å²) in [4.78, 5) is 0. The van der Waals surface area contributed by atoms with Gasteiger partial charge < -0.3 is 0 Å². The van der Waals surface area contributed by atoms with Crippen molar-refractivity contribution in [3.05, 3.63) is 109 Å². The van der Waals surface area contributed by atoms with Gasteiger partial charge >= 0.3 is 0 Å². The lowest BCUT2D eigenvalue weighted by atomic mass is 9.88. The van der Waals surface area contributed by atoms with Crippen molar-refractivity contribution in [1.82, 2.24) is 0 Å². The van der Waals surface area contributed by atoms with E-state index in [2.05, 4.69) is 73.9 Å². The molecule has 0 nitrogen and oxygen atoms in total. The molecular formula is C24H22. The third-order valence-corrected chi connectivity index (χ3v) is 4.26. The Morgan fingerprint density at radius 2 is 1.75 bits per heavy atom. The molecule has 0 heterocycles. The van der Waals surface area contributed by atoms with Crippen molar-refractivity contribution in [2.24, 2.45) is 0 Å². The molecule has 3 rings (SSSR count). The van der Waals surface area contributed by atoms with E-state index in [1.54, 1.807) is 0 Å². The zero-order chi connectivity index (χ0) is 16.8. The van der Waals surface area contributed by atoms with Crippen LogP contribution in [0.5, 0.6) is 0 Å². The Hall–Kier alpha value is -2.86. The molecule has 0 fully saturated rings. The van der Waals surface area contributed by atoms with E-state index in [-0.39, 0.29) is 0 Å². The Kier molecular flexibility index (Phi) is 5.08. The zero-order valence-electron chi connectivity index (χ0n) is 13.9. The number of benzene rings is 2. The van der Waals surface area contributed by atoms with E-state index in [4.69, 9.17) is 0 Å². The van der Waals surface area contributed by atoms with Crippen LogP contribution in [0, 0.1) is 0 Å². The summed E-state index contributed by atoms with van der Waals surface area (Å²) in [5.74, 6) is 0. The molecule has 0 heteroatoms. The van der Waals surface area contributed by atoms with Gasteiger partial charge in [-0.1, -0.05) is 92.1 Å². The van der Waals surface area contributed by atoms with E-state index < -0.39 is 0 Å². The van der Waals surface area contributed by atoms with Crippen LogP contribution < -0.4 is 0 Å². The average molecular weight is 310 g/mol. The highest BCUT2D eigenvalue weighted by molar-refractivity contribution is 5.89. The molecular weight excluding hydrogens is 288 g/mol. The molecule has 0 bridgehead atoms. The molecule has 0 N–H and O–H groups in total. The smallest absolute Gasteiger partial charge is 0.0103 e. The van der Waals surface area contributed by atoms with Crippen molar-refractivity contribution in [3.63, 3.8) is 0 Å². The van der Waals surface area contributed by atoms with Gasteiger partial charge in [-0.2, -0.15) is 0 Å². The first-order valence-electron chi connectivity index (χ1n) is 8.35. The lowest BCUT2D eigenvalue weighted by Crippen LogP contribution is -1.94. The molecule has 118 valence electrons. The SMILES string of the molecule is C=C/C=C(\C=C)c1ccc(-c2ccccc2)cc1C1=CCCC=C1. The standard InChI is InChI=1S/C24H22/c1-3-11-19(4-2)23-17-16-22(20-12-7-5-8-13-20)18-24(23)21-14-9-6-10-15-21/h3-5,7-9,11-18H,1-2,6,10H2/b19-11+. The Morgan fingerprint density at radius 1 is 0.917 bits per heavy atom. The summed E-state index contributed by atoms with van der Waals surface area (Å²) in [6.07, 6.45) is 14.7. The molecule has 2 aromatic rings. The topological polar surface area (TPSA) is 0 Å². The Bertz CT molecular complexity index is 830. The summed E-state index contributed by atoms with van der Waals surface area (Å²) >= 11 is 0. The van der Waals surface area contributed by atoms with E-state index in [1.165, 1.54) is 27.8 Å². The van der Waals surface area contributed by atoms with Gasteiger partial charge in [-0.25, -0.2) is 0 Å². The van der Waals surface area contributed by atoms with Crippen LogP contribution in [0.3, 0.4) is 0 Å². The highest BCUT2D eigenvalue weighted by Gasteiger charge is 2.11. The van der Waals surface area contributed by atoms with Crippen LogP contribution in [0.2, 0.25) is 0 Å². The molecule has 0 atom stereocenters. The largest absolute Gasteiger partial charge is 0.0990 e. The predicted octanol–water partition coefficient (Wildman–Crippen LogP) is 6.84. The van der Waals surface area contributed by atoms with Gasteiger partial charge in [0.1, 0.15) is 0 Å². The van der Waals surface area contributed by atoms with Crippen molar-refractivity contribution < 1.29 is 0 Å². The van der Waals surface area contributed by atoms with Crippen molar-refractivity contribution >= 4 is 11.1 Å².